The summed E-state index contributed by atoms with van der Waals surface area (Å²) < 4.78 is 10.5. The number of rotatable bonds is 8. The van der Waals surface area contributed by atoms with Crippen LogP contribution in [0.15, 0.2) is 41.3 Å². The lowest BCUT2D eigenvalue weighted by Crippen LogP contribution is -2.30. The molecule has 0 aromatic heterocycles. The van der Waals surface area contributed by atoms with E-state index in [4.69, 9.17) is 9.47 Å². The minimum atomic E-state index is -0.988. The molecule has 1 atom stereocenters. The predicted molar refractivity (Wildman–Crippen MR) is 105 cm³/mol. The number of aryl methyl sites for hydroxylation is 1. The minimum Gasteiger partial charge on any atom is -0.493 e. The highest BCUT2D eigenvalue weighted by molar-refractivity contribution is 7.98. The topological polar surface area (TPSA) is 84.9 Å². The number of nitrogens with one attached hydrogen (secondary N) is 1. The van der Waals surface area contributed by atoms with E-state index in [0.29, 0.717) is 22.6 Å². The normalized spacial score (nSPS) is 11.6. The lowest BCUT2D eigenvalue weighted by Gasteiger charge is -2.19. The summed E-state index contributed by atoms with van der Waals surface area (Å²) in [6.07, 6.45) is 1.75. The fraction of sp³-hybridized carbons (Fsp3) is 0.300. The van der Waals surface area contributed by atoms with Crippen LogP contribution in [0.2, 0.25) is 0 Å². The Labute approximate surface area is 162 Å². The van der Waals surface area contributed by atoms with Gasteiger partial charge in [-0.1, -0.05) is 12.1 Å². The van der Waals surface area contributed by atoms with Gasteiger partial charge in [-0.2, -0.15) is 0 Å². The number of amides is 1. The molecule has 0 spiro atoms. The van der Waals surface area contributed by atoms with Crippen LogP contribution in [0.5, 0.6) is 11.5 Å². The maximum absolute atomic E-state index is 12.8. The van der Waals surface area contributed by atoms with E-state index in [1.54, 1.807) is 30.8 Å². The summed E-state index contributed by atoms with van der Waals surface area (Å²) in [6.45, 7) is 1.79. The molecule has 2 aromatic rings. The Kier molecular flexibility index (Phi) is 7.12. The molecule has 2 N–H and O–H groups in total. The molecule has 0 bridgehead atoms. The van der Waals surface area contributed by atoms with E-state index in [9.17, 15) is 14.7 Å². The summed E-state index contributed by atoms with van der Waals surface area (Å²) in [5.74, 6) is -0.388. The first-order valence-corrected chi connectivity index (χ1v) is 9.51. The van der Waals surface area contributed by atoms with E-state index in [0.717, 1.165) is 10.5 Å². The maximum atomic E-state index is 12.8. The molecule has 0 saturated carbocycles. The van der Waals surface area contributed by atoms with E-state index in [1.807, 2.05) is 30.5 Å². The van der Waals surface area contributed by atoms with Crippen molar-refractivity contribution >= 4 is 23.6 Å². The van der Waals surface area contributed by atoms with Crippen LogP contribution < -0.4 is 14.8 Å². The van der Waals surface area contributed by atoms with Crippen LogP contribution in [0.3, 0.4) is 0 Å². The van der Waals surface area contributed by atoms with Crippen molar-refractivity contribution in [3.05, 3.63) is 53.1 Å². The Balaban J connectivity index is 2.31. The molecular weight excluding hydrogens is 366 g/mol. The fourth-order valence-corrected chi connectivity index (χ4v) is 3.13. The van der Waals surface area contributed by atoms with Crippen molar-refractivity contribution in [3.8, 4) is 11.5 Å². The number of thioether (sulfide) groups is 1. The number of ether oxygens (including phenoxy) is 2. The standard InChI is InChI=1S/C20H23NO5S/c1-12-9-17(25-2)18(26-3)10-15(12)20(24)21-16(11-19(22)23)13-5-7-14(27-4)8-6-13/h5-10,16H,11H2,1-4H3,(H,21,24)(H,22,23). The molecule has 0 saturated heterocycles. The molecule has 6 nitrogen and oxygen atoms in total. The Morgan fingerprint density at radius 1 is 1.11 bits per heavy atom. The fourth-order valence-electron chi connectivity index (χ4n) is 2.72. The van der Waals surface area contributed by atoms with Crippen LogP contribution in [0.4, 0.5) is 0 Å². The first-order valence-electron chi connectivity index (χ1n) is 8.28. The van der Waals surface area contributed by atoms with Crippen molar-refractivity contribution in [1.82, 2.24) is 5.32 Å². The Bertz CT molecular complexity index is 820. The molecule has 27 heavy (non-hydrogen) atoms. The average molecular weight is 389 g/mol. The third kappa shape index (κ3) is 5.17. The first-order chi connectivity index (χ1) is 12.9. The van der Waals surface area contributed by atoms with Gasteiger partial charge in [0.1, 0.15) is 0 Å². The molecule has 2 rings (SSSR count). The van der Waals surface area contributed by atoms with Crippen LogP contribution in [-0.4, -0.2) is 37.5 Å². The number of carbonyl (C=O) groups excluding carboxylic acids is 1. The van der Waals surface area contributed by atoms with E-state index >= 15 is 0 Å². The van der Waals surface area contributed by atoms with Gasteiger partial charge in [0.15, 0.2) is 11.5 Å². The van der Waals surface area contributed by atoms with Crippen LogP contribution in [0, 0.1) is 6.92 Å². The quantitative estimate of drug-likeness (QED) is 0.670. The number of benzene rings is 2. The average Bonchev–Trinajstić information content (AvgIpc) is 2.66. The minimum absolute atomic E-state index is 0.212. The lowest BCUT2D eigenvalue weighted by atomic mass is 10.0. The molecular formula is C20H23NO5S. The summed E-state index contributed by atoms with van der Waals surface area (Å²) in [4.78, 5) is 25.2. The van der Waals surface area contributed by atoms with Gasteiger partial charge in [0.2, 0.25) is 0 Å². The largest absolute Gasteiger partial charge is 0.493 e. The molecule has 0 heterocycles. The Hall–Kier alpha value is -2.67. The summed E-state index contributed by atoms with van der Waals surface area (Å²) in [6, 6.07) is 10.2. The SMILES string of the molecule is COc1cc(C)c(C(=O)NC(CC(=O)O)c2ccc(SC)cc2)cc1OC. The number of hydrogen-bond acceptors (Lipinski definition) is 5. The molecule has 7 heteroatoms. The Morgan fingerprint density at radius 3 is 2.22 bits per heavy atom. The highest BCUT2D eigenvalue weighted by Gasteiger charge is 2.21. The van der Waals surface area contributed by atoms with Crippen molar-refractivity contribution in [2.24, 2.45) is 0 Å². The zero-order chi connectivity index (χ0) is 20.0. The van der Waals surface area contributed by atoms with Crippen LogP contribution in [-0.2, 0) is 4.79 Å². The number of aliphatic carboxylic acids is 1. The monoisotopic (exact) mass is 389 g/mol. The number of carbonyl (C=O) groups is 2. The van der Waals surface area contributed by atoms with Gasteiger partial charge in [0, 0.05) is 10.5 Å². The van der Waals surface area contributed by atoms with Gasteiger partial charge in [-0.25, -0.2) is 0 Å². The second-order valence-electron chi connectivity index (χ2n) is 5.92. The zero-order valence-corrected chi connectivity index (χ0v) is 16.6. The van der Waals surface area contributed by atoms with Crippen LogP contribution >= 0.6 is 11.8 Å². The van der Waals surface area contributed by atoms with Crippen molar-refractivity contribution in [2.45, 2.75) is 24.3 Å². The third-order valence-corrected chi connectivity index (χ3v) is 4.92. The lowest BCUT2D eigenvalue weighted by molar-refractivity contribution is -0.137. The van der Waals surface area contributed by atoms with Gasteiger partial charge in [0.05, 0.1) is 26.7 Å². The zero-order valence-electron chi connectivity index (χ0n) is 15.7. The van der Waals surface area contributed by atoms with Crippen LogP contribution in [0.25, 0.3) is 0 Å². The van der Waals surface area contributed by atoms with Crippen molar-refractivity contribution in [1.29, 1.82) is 0 Å². The summed E-state index contributed by atoms with van der Waals surface area (Å²) >= 11 is 1.59. The second kappa shape index (κ2) is 9.32. The highest BCUT2D eigenvalue weighted by Crippen LogP contribution is 2.31. The number of carboxylic acid groups (broad SMARTS) is 1. The molecule has 0 aliphatic heterocycles. The van der Waals surface area contributed by atoms with Crippen molar-refractivity contribution < 1.29 is 24.2 Å². The number of methoxy groups -OCH3 is 2. The van der Waals surface area contributed by atoms with Gasteiger partial charge < -0.3 is 19.9 Å². The summed E-state index contributed by atoms with van der Waals surface area (Å²) in [7, 11) is 3.02. The maximum Gasteiger partial charge on any atom is 0.305 e. The molecule has 0 fully saturated rings. The van der Waals surface area contributed by atoms with Crippen molar-refractivity contribution in [3.63, 3.8) is 0 Å². The third-order valence-electron chi connectivity index (χ3n) is 4.18. The smallest absolute Gasteiger partial charge is 0.305 e. The molecule has 1 unspecified atom stereocenters. The van der Waals surface area contributed by atoms with Gasteiger partial charge in [0.25, 0.3) is 5.91 Å². The van der Waals surface area contributed by atoms with Gasteiger partial charge in [-0.05, 0) is 48.6 Å². The van der Waals surface area contributed by atoms with Gasteiger partial charge in [-0.15, -0.1) is 11.8 Å². The first kappa shape index (κ1) is 20.6. The van der Waals surface area contributed by atoms with Gasteiger partial charge >= 0.3 is 5.97 Å². The number of carboxylic acids is 1. The molecule has 2 aromatic carbocycles. The van der Waals surface area contributed by atoms with Crippen molar-refractivity contribution in [2.75, 3.05) is 20.5 Å². The van der Waals surface area contributed by atoms with E-state index in [2.05, 4.69) is 5.32 Å². The molecule has 0 radical (unpaired) electrons. The predicted octanol–water partition coefficient (Wildman–Crippen LogP) is 3.68. The molecule has 144 valence electrons. The van der Waals surface area contributed by atoms with E-state index in [-0.39, 0.29) is 12.3 Å². The van der Waals surface area contributed by atoms with Gasteiger partial charge in [-0.3, -0.25) is 9.59 Å². The molecule has 0 aliphatic rings. The van der Waals surface area contributed by atoms with E-state index in [1.165, 1.54) is 14.2 Å². The molecule has 0 aliphatic carbocycles. The summed E-state index contributed by atoms with van der Waals surface area (Å²) in [5, 5.41) is 12.1. The number of hydrogen-bond donors (Lipinski definition) is 2. The Morgan fingerprint density at radius 2 is 1.70 bits per heavy atom. The van der Waals surface area contributed by atoms with Crippen LogP contribution in [0.1, 0.15) is 33.9 Å². The van der Waals surface area contributed by atoms with E-state index < -0.39 is 12.0 Å². The second-order valence-corrected chi connectivity index (χ2v) is 6.80. The highest BCUT2D eigenvalue weighted by atomic mass is 32.2. The molecule has 1 amide bonds. The summed E-state index contributed by atoms with van der Waals surface area (Å²) in [5.41, 5.74) is 1.85.